The van der Waals surface area contributed by atoms with Crippen molar-refractivity contribution in [1.82, 2.24) is 10.9 Å². The van der Waals surface area contributed by atoms with E-state index in [9.17, 15) is 18.0 Å². The second kappa shape index (κ2) is 4.67. The first kappa shape index (κ1) is 12.1. The van der Waals surface area contributed by atoms with E-state index >= 15 is 0 Å². The van der Waals surface area contributed by atoms with Crippen molar-refractivity contribution >= 4 is 6.09 Å². The van der Waals surface area contributed by atoms with Gasteiger partial charge in [0.05, 0.1) is 0 Å². The van der Waals surface area contributed by atoms with Crippen LogP contribution in [0.15, 0.2) is 0 Å². The van der Waals surface area contributed by atoms with Crippen molar-refractivity contribution in [2.75, 3.05) is 6.61 Å². The maximum absolute atomic E-state index is 12.2. The molecule has 0 aromatic carbocycles. The molecule has 0 aliphatic carbocycles. The monoisotopic (exact) mass is 228 g/mol. The number of halogens is 3. The van der Waals surface area contributed by atoms with Crippen molar-refractivity contribution in [3.63, 3.8) is 0 Å². The molecular formula is C7H11F3N2O3. The topological polar surface area (TPSA) is 70.6 Å². The van der Waals surface area contributed by atoms with Crippen molar-refractivity contribution in [2.45, 2.75) is 31.2 Å². The molecule has 2 unspecified atom stereocenters. The molecule has 88 valence electrons. The summed E-state index contributed by atoms with van der Waals surface area (Å²) in [6, 6.07) is -0.554. The molecule has 0 bridgehead atoms. The number of hydrogen-bond acceptors (Lipinski definition) is 3. The van der Waals surface area contributed by atoms with Gasteiger partial charge < -0.3 is 9.84 Å². The van der Waals surface area contributed by atoms with Crippen LogP contribution in [0.25, 0.3) is 0 Å². The number of ether oxygens (including phenoxy) is 1. The van der Waals surface area contributed by atoms with E-state index in [0.717, 1.165) is 0 Å². The summed E-state index contributed by atoms with van der Waals surface area (Å²) in [4.78, 5) is 10.1. The van der Waals surface area contributed by atoms with Gasteiger partial charge in [-0.05, 0) is 12.8 Å². The second-order valence-corrected chi connectivity index (χ2v) is 3.20. The molecule has 1 saturated heterocycles. The van der Waals surface area contributed by atoms with Crippen molar-refractivity contribution in [3.05, 3.63) is 0 Å². The fraction of sp³-hybridized carbons (Fsp3) is 0.857. The van der Waals surface area contributed by atoms with Gasteiger partial charge in [0.1, 0.15) is 0 Å². The molecule has 1 aliphatic rings. The van der Waals surface area contributed by atoms with E-state index < -0.39 is 24.4 Å². The molecular weight excluding hydrogens is 217 g/mol. The van der Waals surface area contributed by atoms with E-state index in [2.05, 4.69) is 10.2 Å². The fourth-order valence-corrected chi connectivity index (χ4v) is 1.32. The van der Waals surface area contributed by atoms with Crippen LogP contribution in [0, 0.1) is 0 Å². The molecule has 8 heteroatoms. The molecule has 0 radical (unpaired) electrons. The van der Waals surface area contributed by atoms with Crippen LogP contribution in [0.4, 0.5) is 18.0 Å². The lowest BCUT2D eigenvalue weighted by Gasteiger charge is -2.30. The number of carboxylic acid groups (broad SMARTS) is 1. The Hall–Kier alpha value is -1.02. The van der Waals surface area contributed by atoms with Gasteiger partial charge in [0.15, 0.2) is 6.10 Å². The Balaban J connectivity index is 2.39. The SMILES string of the molecule is O=C(O)NNC1CCOC(C(F)(F)F)C1. The minimum absolute atomic E-state index is 0.0385. The van der Waals surface area contributed by atoms with Gasteiger partial charge in [0, 0.05) is 12.6 Å². The van der Waals surface area contributed by atoms with E-state index in [1.165, 1.54) is 0 Å². The zero-order valence-electron chi connectivity index (χ0n) is 7.67. The number of hydrogen-bond donors (Lipinski definition) is 3. The molecule has 15 heavy (non-hydrogen) atoms. The number of rotatable bonds is 2. The summed E-state index contributed by atoms with van der Waals surface area (Å²) in [6.07, 6.45) is -7.50. The largest absolute Gasteiger partial charge is 0.464 e. The van der Waals surface area contributed by atoms with Gasteiger partial charge in [-0.1, -0.05) is 0 Å². The van der Waals surface area contributed by atoms with Crippen LogP contribution in [-0.4, -0.2) is 36.1 Å². The highest BCUT2D eigenvalue weighted by Crippen LogP contribution is 2.29. The number of amides is 1. The van der Waals surface area contributed by atoms with Crippen molar-refractivity contribution < 1.29 is 27.8 Å². The number of nitrogens with one attached hydrogen (secondary N) is 2. The van der Waals surface area contributed by atoms with Gasteiger partial charge in [-0.15, -0.1) is 0 Å². The zero-order valence-corrected chi connectivity index (χ0v) is 7.67. The zero-order chi connectivity index (χ0) is 11.5. The van der Waals surface area contributed by atoms with Crippen molar-refractivity contribution in [2.24, 2.45) is 0 Å². The van der Waals surface area contributed by atoms with Gasteiger partial charge in [-0.3, -0.25) is 5.43 Å². The maximum atomic E-state index is 12.2. The van der Waals surface area contributed by atoms with Crippen LogP contribution in [-0.2, 0) is 4.74 Å². The predicted octanol–water partition coefficient (Wildman–Crippen LogP) is 0.868. The minimum Gasteiger partial charge on any atom is -0.464 e. The van der Waals surface area contributed by atoms with E-state index in [1.54, 1.807) is 0 Å². The molecule has 0 saturated carbocycles. The van der Waals surface area contributed by atoms with Crippen LogP contribution >= 0.6 is 0 Å². The summed E-state index contributed by atoms with van der Waals surface area (Å²) in [5.74, 6) is 0. The Kier molecular flexibility index (Phi) is 3.75. The molecule has 3 N–H and O–H groups in total. The molecule has 0 aromatic rings. The summed E-state index contributed by atoms with van der Waals surface area (Å²) in [7, 11) is 0. The summed E-state index contributed by atoms with van der Waals surface area (Å²) in [5, 5.41) is 8.24. The molecule has 1 fully saturated rings. The maximum Gasteiger partial charge on any atom is 0.419 e. The number of alkyl halides is 3. The number of carbonyl (C=O) groups is 1. The lowest BCUT2D eigenvalue weighted by Crippen LogP contribution is -2.50. The van der Waals surface area contributed by atoms with Gasteiger partial charge in [0.2, 0.25) is 0 Å². The third kappa shape index (κ3) is 3.92. The highest BCUT2D eigenvalue weighted by molar-refractivity contribution is 5.63. The Bertz CT molecular complexity index is 234. The van der Waals surface area contributed by atoms with E-state index in [0.29, 0.717) is 6.42 Å². The van der Waals surface area contributed by atoms with Crippen LogP contribution in [0.2, 0.25) is 0 Å². The van der Waals surface area contributed by atoms with Crippen LogP contribution < -0.4 is 10.9 Å². The predicted molar refractivity (Wildman–Crippen MR) is 43.1 cm³/mol. The third-order valence-electron chi connectivity index (χ3n) is 2.03. The first-order chi connectivity index (χ1) is 6.89. The van der Waals surface area contributed by atoms with Gasteiger partial charge in [0.25, 0.3) is 0 Å². The molecule has 1 heterocycles. The van der Waals surface area contributed by atoms with Crippen LogP contribution in [0.5, 0.6) is 0 Å². The smallest absolute Gasteiger partial charge is 0.419 e. The lowest BCUT2D eigenvalue weighted by molar-refractivity contribution is -0.232. The summed E-state index contributed by atoms with van der Waals surface area (Å²) < 4.78 is 41.2. The first-order valence-electron chi connectivity index (χ1n) is 4.32. The lowest BCUT2D eigenvalue weighted by atomic mass is 10.0. The average molecular weight is 228 g/mol. The summed E-state index contributed by atoms with van der Waals surface area (Å²) in [6.45, 7) is -0.0385. The van der Waals surface area contributed by atoms with Gasteiger partial charge in [-0.25, -0.2) is 10.2 Å². The van der Waals surface area contributed by atoms with Crippen molar-refractivity contribution in [1.29, 1.82) is 0 Å². The van der Waals surface area contributed by atoms with Crippen LogP contribution in [0.1, 0.15) is 12.8 Å². The molecule has 1 amide bonds. The molecule has 1 aliphatic heterocycles. The number of hydrazine groups is 1. The highest BCUT2D eigenvalue weighted by atomic mass is 19.4. The molecule has 5 nitrogen and oxygen atoms in total. The highest BCUT2D eigenvalue weighted by Gasteiger charge is 2.43. The van der Waals surface area contributed by atoms with E-state index in [4.69, 9.17) is 5.11 Å². The quantitative estimate of drug-likeness (QED) is 0.613. The molecule has 0 aromatic heterocycles. The molecule has 2 atom stereocenters. The Labute approximate surface area is 83.6 Å². The van der Waals surface area contributed by atoms with Gasteiger partial charge in [-0.2, -0.15) is 13.2 Å². The normalized spacial score (nSPS) is 27.4. The summed E-state index contributed by atoms with van der Waals surface area (Å²) in [5.41, 5.74) is 4.12. The van der Waals surface area contributed by atoms with E-state index in [1.807, 2.05) is 5.43 Å². The average Bonchev–Trinajstić information content (AvgIpc) is 2.14. The van der Waals surface area contributed by atoms with Crippen LogP contribution in [0.3, 0.4) is 0 Å². The Morgan fingerprint density at radius 3 is 2.67 bits per heavy atom. The molecule has 0 spiro atoms. The minimum atomic E-state index is -4.40. The second-order valence-electron chi connectivity index (χ2n) is 3.20. The standard InChI is InChI=1S/C7H11F3N2O3/c8-7(9,10)5-3-4(1-2-15-5)11-12-6(13)14/h4-5,11-12H,1-3H2,(H,13,14). The molecule has 1 rings (SSSR count). The first-order valence-corrected chi connectivity index (χ1v) is 4.32. The Morgan fingerprint density at radius 2 is 2.13 bits per heavy atom. The fourth-order valence-electron chi connectivity index (χ4n) is 1.32. The Morgan fingerprint density at radius 1 is 1.47 bits per heavy atom. The third-order valence-corrected chi connectivity index (χ3v) is 2.03. The summed E-state index contributed by atoms with van der Waals surface area (Å²) >= 11 is 0. The van der Waals surface area contributed by atoms with E-state index in [-0.39, 0.29) is 13.0 Å². The van der Waals surface area contributed by atoms with Gasteiger partial charge >= 0.3 is 12.3 Å². The van der Waals surface area contributed by atoms with Crippen molar-refractivity contribution in [3.8, 4) is 0 Å².